The van der Waals surface area contributed by atoms with Crippen molar-refractivity contribution >= 4 is 50.5 Å². The summed E-state index contributed by atoms with van der Waals surface area (Å²) < 4.78 is 3.85. The maximum Gasteiger partial charge on any atom is 0.100 e. The van der Waals surface area contributed by atoms with E-state index in [4.69, 9.17) is 23.2 Å². The highest BCUT2D eigenvalue weighted by atomic mass is 79.9. The highest BCUT2D eigenvalue weighted by Gasteiger charge is 2.20. The van der Waals surface area contributed by atoms with Gasteiger partial charge < -0.3 is 5.11 Å². The second kappa shape index (κ2) is 6.14. The zero-order valence-electron chi connectivity index (χ0n) is 10.5. The molecule has 104 valence electrons. The fourth-order valence-corrected chi connectivity index (χ4v) is 4.26. The number of aryl methyl sites for hydroxylation is 2. The van der Waals surface area contributed by atoms with E-state index in [-0.39, 0.29) is 0 Å². The maximum absolute atomic E-state index is 10.3. The van der Waals surface area contributed by atoms with E-state index in [0.717, 1.165) is 22.3 Å². The van der Waals surface area contributed by atoms with Gasteiger partial charge in [-0.3, -0.25) is 4.68 Å². The minimum atomic E-state index is -0.687. The van der Waals surface area contributed by atoms with Crippen LogP contribution in [0.5, 0.6) is 0 Å². The molecule has 0 bridgehead atoms. The van der Waals surface area contributed by atoms with E-state index < -0.39 is 6.10 Å². The zero-order chi connectivity index (χ0) is 14.2. The fourth-order valence-electron chi connectivity index (χ4n) is 1.91. The lowest BCUT2D eigenvalue weighted by atomic mass is 10.1. The van der Waals surface area contributed by atoms with Crippen LogP contribution in [0.3, 0.4) is 0 Å². The first kappa shape index (κ1) is 15.3. The van der Waals surface area contributed by atoms with Gasteiger partial charge in [-0.2, -0.15) is 5.10 Å². The number of nitrogens with zero attached hydrogens (tertiary/aromatic N) is 2. The standard InChI is InChI=1S/C12H13BrCl2N2OS/c1-3-7-11(13)8(17(2)16-7)5-9(18)6-4-10(14)19-12(6)15/h4,9,18H,3,5H2,1-2H3. The van der Waals surface area contributed by atoms with Crippen LogP contribution in [0, 0.1) is 0 Å². The Morgan fingerprint density at radius 1 is 1.53 bits per heavy atom. The first-order valence-corrected chi connectivity index (χ1v) is 8.13. The van der Waals surface area contributed by atoms with Crippen LogP contribution in [0.4, 0.5) is 0 Å². The third-order valence-corrected chi connectivity index (χ3v) is 5.37. The van der Waals surface area contributed by atoms with Gasteiger partial charge in [0.1, 0.15) is 4.34 Å². The van der Waals surface area contributed by atoms with Gasteiger partial charge >= 0.3 is 0 Å². The van der Waals surface area contributed by atoms with Crippen molar-refractivity contribution in [2.24, 2.45) is 7.05 Å². The van der Waals surface area contributed by atoms with E-state index >= 15 is 0 Å². The van der Waals surface area contributed by atoms with Crippen molar-refractivity contribution < 1.29 is 5.11 Å². The van der Waals surface area contributed by atoms with Gasteiger partial charge in [0.05, 0.1) is 26.3 Å². The molecule has 1 unspecified atom stereocenters. The normalized spacial score (nSPS) is 12.9. The van der Waals surface area contributed by atoms with Crippen molar-refractivity contribution in [3.05, 3.63) is 36.2 Å². The third kappa shape index (κ3) is 3.16. The van der Waals surface area contributed by atoms with Gasteiger partial charge in [-0.1, -0.05) is 30.1 Å². The molecule has 2 heterocycles. The van der Waals surface area contributed by atoms with Gasteiger partial charge in [0.2, 0.25) is 0 Å². The minimum absolute atomic E-state index is 0.441. The summed E-state index contributed by atoms with van der Waals surface area (Å²) in [6.07, 6.45) is 0.597. The highest BCUT2D eigenvalue weighted by molar-refractivity contribution is 9.10. The van der Waals surface area contributed by atoms with Crippen LogP contribution in [0.25, 0.3) is 0 Å². The predicted molar refractivity (Wildman–Crippen MR) is 83.3 cm³/mol. The average molecular weight is 384 g/mol. The number of thiophene rings is 1. The van der Waals surface area contributed by atoms with Crippen LogP contribution in [-0.4, -0.2) is 14.9 Å². The molecule has 2 aromatic heterocycles. The molecule has 2 rings (SSSR count). The van der Waals surface area contributed by atoms with E-state index in [1.165, 1.54) is 11.3 Å². The summed E-state index contributed by atoms with van der Waals surface area (Å²) in [4.78, 5) is 0. The number of rotatable bonds is 4. The number of halogens is 3. The van der Waals surface area contributed by atoms with Crippen LogP contribution < -0.4 is 0 Å². The molecule has 2 aromatic rings. The third-order valence-electron chi connectivity index (χ3n) is 2.93. The minimum Gasteiger partial charge on any atom is -0.388 e. The predicted octanol–water partition coefficient (Wildman–Crippen LogP) is 4.39. The Labute approximate surface area is 134 Å². The Kier molecular flexibility index (Phi) is 4.95. The van der Waals surface area contributed by atoms with Crippen molar-refractivity contribution in [2.75, 3.05) is 0 Å². The first-order valence-electron chi connectivity index (χ1n) is 5.77. The Hall–Kier alpha value is -0.0700. The second-order valence-corrected chi connectivity index (χ2v) is 7.26. The van der Waals surface area contributed by atoms with E-state index in [1.54, 1.807) is 10.7 Å². The number of aliphatic hydroxyl groups is 1. The Morgan fingerprint density at radius 2 is 2.21 bits per heavy atom. The van der Waals surface area contributed by atoms with Crippen LogP contribution in [0.15, 0.2) is 10.5 Å². The summed E-state index contributed by atoms with van der Waals surface area (Å²) in [6.45, 7) is 2.04. The number of aromatic nitrogens is 2. The van der Waals surface area contributed by atoms with Crippen LogP contribution in [-0.2, 0) is 19.9 Å². The summed E-state index contributed by atoms with van der Waals surface area (Å²) in [5, 5.41) is 14.7. The molecule has 19 heavy (non-hydrogen) atoms. The Morgan fingerprint density at radius 3 is 2.68 bits per heavy atom. The van der Waals surface area contributed by atoms with Gasteiger partial charge in [-0.25, -0.2) is 0 Å². The van der Waals surface area contributed by atoms with Gasteiger partial charge in [0.15, 0.2) is 0 Å². The lowest BCUT2D eigenvalue weighted by Crippen LogP contribution is -2.06. The van der Waals surface area contributed by atoms with Crippen LogP contribution in [0.2, 0.25) is 8.67 Å². The molecule has 0 saturated heterocycles. The van der Waals surface area contributed by atoms with Crippen molar-refractivity contribution in [3.8, 4) is 0 Å². The molecule has 0 fully saturated rings. The summed E-state index contributed by atoms with van der Waals surface area (Å²) >= 11 is 16.8. The molecule has 0 aliphatic carbocycles. The topological polar surface area (TPSA) is 38.0 Å². The maximum atomic E-state index is 10.3. The van der Waals surface area contributed by atoms with E-state index in [2.05, 4.69) is 21.0 Å². The summed E-state index contributed by atoms with van der Waals surface area (Å²) in [7, 11) is 1.87. The van der Waals surface area contributed by atoms with Crippen molar-refractivity contribution in [2.45, 2.75) is 25.9 Å². The Bertz CT molecular complexity index is 597. The second-order valence-electron chi connectivity index (χ2n) is 4.18. The summed E-state index contributed by atoms with van der Waals surface area (Å²) in [5.74, 6) is 0. The van der Waals surface area contributed by atoms with Gasteiger partial charge in [-0.05, 0) is 28.4 Å². The van der Waals surface area contributed by atoms with E-state index in [1.807, 2.05) is 14.0 Å². The molecule has 0 saturated carbocycles. The zero-order valence-corrected chi connectivity index (χ0v) is 14.4. The quantitative estimate of drug-likeness (QED) is 0.850. The molecule has 0 aliphatic heterocycles. The number of hydrogen-bond acceptors (Lipinski definition) is 3. The van der Waals surface area contributed by atoms with Crippen molar-refractivity contribution in [1.29, 1.82) is 0 Å². The first-order chi connectivity index (χ1) is 8.93. The van der Waals surface area contributed by atoms with Gasteiger partial charge in [0, 0.05) is 19.0 Å². The van der Waals surface area contributed by atoms with Gasteiger partial charge in [-0.15, -0.1) is 11.3 Å². The SMILES string of the molecule is CCc1nn(C)c(CC(O)c2cc(Cl)sc2Cl)c1Br. The molecule has 0 aromatic carbocycles. The van der Waals surface area contributed by atoms with Crippen molar-refractivity contribution in [3.63, 3.8) is 0 Å². The summed E-state index contributed by atoms with van der Waals surface area (Å²) in [5.41, 5.74) is 2.60. The van der Waals surface area contributed by atoms with Crippen LogP contribution in [0.1, 0.15) is 30.0 Å². The number of aliphatic hydroxyl groups excluding tert-OH is 1. The lowest BCUT2D eigenvalue weighted by molar-refractivity contribution is 0.176. The molecule has 1 N–H and O–H groups in total. The lowest BCUT2D eigenvalue weighted by Gasteiger charge is -2.10. The molecular formula is C12H13BrCl2N2OS. The van der Waals surface area contributed by atoms with Gasteiger partial charge in [0.25, 0.3) is 0 Å². The average Bonchev–Trinajstić information content (AvgIpc) is 2.82. The molecule has 3 nitrogen and oxygen atoms in total. The van der Waals surface area contributed by atoms with E-state index in [0.29, 0.717) is 20.7 Å². The molecule has 0 spiro atoms. The highest BCUT2D eigenvalue weighted by Crippen LogP contribution is 2.37. The molecule has 0 aliphatic rings. The monoisotopic (exact) mass is 382 g/mol. The van der Waals surface area contributed by atoms with Crippen LogP contribution >= 0.6 is 50.5 Å². The Balaban J connectivity index is 2.26. The van der Waals surface area contributed by atoms with E-state index in [9.17, 15) is 5.11 Å². The largest absolute Gasteiger partial charge is 0.388 e. The number of hydrogen-bond donors (Lipinski definition) is 1. The molecule has 0 radical (unpaired) electrons. The molecule has 0 amide bonds. The molecule has 7 heteroatoms. The fraction of sp³-hybridized carbons (Fsp3) is 0.417. The molecule has 1 atom stereocenters. The smallest absolute Gasteiger partial charge is 0.100 e. The summed E-state index contributed by atoms with van der Waals surface area (Å²) in [6, 6.07) is 1.71. The molecular weight excluding hydrogens is 371 g/mol. The van der Waals surface area contributed by atoms with Crippen molar-refractivity contribution in [1.82, 2.24) is 9.78 Å².